The van der Waals surface area contributed by atoms with Gasteiger partial charge in [0.15, 0.2) is 0 Å². The van der Waals surface area contributed by atoms with E-state index in [0.717, 1.165) is 5.70 Å². The number of aryl methyl sites for hydroxylation is 1. The summed E-state index contributed by atoms with van der Waals surface area (Å²) in [4.78, 5) is 11.5. The van der Waals surface area contributed by atoms with Crippen LogP contribution in [0.15, 0.2) is 23.0 Å². The molecule has 7 heteroatoms. The summed E-state index contributed by atoms with van der Waals surface area (Å²) in [7, 11) is 1.58. The van der Waals surface area contributed by atoms with Crippen LogP contribution in [-0.4, -0.2) is 42.8 Å². The number of nitrogens with zero attached hydrogens (tertiary/aromatic N) is 4. The number of aromatic nitrogens is 4. The fourth-order valence-corrected chi connectivity index (χ4v) is 1.33. The molecule has 1 unspecified atom stereocenters. The molecule has 1 aromatic rings. The zero-order valence-corrected chi connectivity index (χ0v) is 11.3. The molecular weight excluding hydrogens is 240 g/mol. The van der Waals surface area contributed by atoms with Gasteiger partial charge in [0.1, 0.15) is 0 Å². The van der Waals surface area contributed by atoms with E-state index in [1.807, 2.05) is 31.6 Å². The second-order valence-electron chi connectivity index (χ2n) is 3.30. The molecule has 1 aliphatic rings. The minimum absolute atomic E-state index is 0. The van der Waals surface area contributed by atoms with Crippen LogP contribution in [0.1, 0.15) is 6.92 Å². The normalized spacial score (nSPS) is 17.9. The van der Waals surface area contributed by atoms with Crippen molar-refractivity contribution in [2.75, 3.05) is 0 Å². The van der Waals surface area contributed by atoms with Crippen molar-refractivity contribution in [2.45, 2.75) is 6.92 Å². The standard InChI is InChI=1S/C9H11N4O.ClH.Mg/c1-7-4-3-5-8(6-7)13-9(14)12(2)10-11-13;;/h3-7H,1-2H3;1H;/q-1;;+2/p-1. The van der Waals surface area contributed by atoms with Crippen LogP contribution in [0.2, 0.25) is 0 Å². The van der Waals surface area contributed by atoms with Crippen LogP contribution in [-0.2, 0) is 7.05 Å². The Morgan fingerprint density at radius 1 is 1.44 bits per heavy atom. The zero-order valence-electron chi connectivity index (χ0n) is 9.17. The van der Waals surface area contributed by atoms with E-state index < -0.39 is 0 Å². The maximum atomic E-state index is 11.5. The van der Waals surface area contributed by atoms with E-state index in [-0.39, 0.29) is 41.1 Å². The molecule has 0 aromatic carbocycles. The van der Waals surface area contributed by atoms with E-state index in [1.54, 1.807) is 7.05 Å². The molecule has 0 fully saturated rings. The van der Waals surface area contributed by atoms with Crippen molar-refractivity contribution in [1.29, 1.82) is 0 Å². The molecule has 1 atom stereocenters. The molecule has 1 aromatic heterocycles. The molecule has 0 saturated carbocycles. The van der Waals surface area contributed by atoms with Crippen LogP contribution in [0.4, 0.5) is 0 Å². The zero-order chi connectivity index (χ0) is 10.1. The van der Waals surface area contributed by atoms with Crippen molar-refractivity contribution in [2.24, 2.45) is 13.0 Å². The van der Waals surface area contributed by atoms with Crippen molar-refractivity contribution in [3.8, 4) is 0 Å². The molecule has 0 saturated heterocycles. The summed E-state index contributed by atoms with van der Waals surface area (Å²) in [5, 5.41) is 7.41. The Balaban J connectivity index is 0.00000112. The van der Waals surface area contributed by atoms with Gasteiger partial charge in [0, 0.05) is 7.05 Å². The average molecular weight is 251 g/mol. The minimum Gasteiger partial charge on any atom is -1.00 e. The molecule has 1 heterocycles. The van der Waals surface area contributed by atoms with Gasteiger partial charge in [0.2, 0.25) is 0 Å². The van der Waals surface area contributed by atoms with Crippen LogP contribution < -0.4 is 18.1 Å². The summed E-state index contributed by atoms with van der Waals surface area (Å²) < 4.78 is 2.50. The summed E-state index contributed by atoms with van der Waals surface area (Å²) in [5.41, 5.74) is 0.549. The molecule has 5 nitrogen and oxygen atoms in total. The van der Waals surface area contributed by atoms with Crippen molar-refractivity contribution in [3.05, 3.63) is 35.1 Å². The van der Waals surface area contributed by atoms with E-state index in [9.17, 15) is 4.79 Å². The summed E-state index contributed by atoms with van der Waals surface area (Å²) in [6, 6.07) is 0. The van der Waals surface area contributed by atoms with Gasteiger partial charge in [-0.05, 0) is 10.4 Å². The second kappa shape index (κ2) is 6.12. The topological polar surface area (TPSA) is 52.7 Å². The summed E-state index contributed by atoms with van der Waals surface area (Å²) in [5.74, 6) is 0.323. The average Bonchev–Trinajstić information content (AvgIpc) is 2.48. The smallest absolute Gasteiger partial charge is 1.00 e. The first-order chi connectivity index (χ1) is 6.68. The fourth-order valence-electron chi connectivity index (χ4n) is 1.33. The molecule has 16 heavy (non-hydrogen) atoms. The number of tetrazole rings is 1. The third-order valence-corrected chi connectivity index (χ3v) is 2.08. The predicted octanol–water partition coefficient (Wildman–Crippen LogP) is -3.15. The summed E-state index contributed by atoms with van der Waals surface area (Å²) in [6.07, 6.45) is 7.78. The molecule has 0 amide bonds. The Kier molecular flexibility index (Phi) is 5.84. The molecular formula is C9H11ClMgN4O. The third-order valence-electron chi connectivity index (χ3n) is 2.08. The van der Waals surface area contributed by atoms with Gasteiger partial charge in [-0.25, -0.2) is 4.79 Å². The molecule has 2 rings (SSSR count). The van der Waals surface area contributed by atoms with Gasteiger partial charge in [-0.15, -0.1) is 12.2 Å². The van der Waals surface area contributed by atoms with Crippen LogP contribution in [0.25, 0.3) is 5.70 Å². The van der Waals surface area contributed by atoms with Crippen molar-refractivity contribution in [3.63, 3.8) is 0 Å². The van der Waals surface area contributed by atoms with E-state index in [2.05, 4.69) is 10.4 Å². The SMILES string of the molecule is CC1C=CC=C(n2nnn(C)c2=O)[CH-]1.[Cl-].[Mg+2]. The fraction of sp³-hybridized carbons (Fsp3) is 0.333. The van der Waals surface area contributed by atoms with Crippen molar-refractivity contribution >= 4 is 28.7 Å². The van der Waals surface area contributed by atoms with Gasteiger partial charge in [0.05, 0.1) is 0 Å². The quantitative estimate of drug-likeness (QED) is 0.391. The van der Waals surface area contributed by atoms with Gasteiger partial charge in [0.25, 0.3) is 0 Å². The monoisotopic (exact) mass is 250 g/mol. The van der Waals surface area contributed by atoms with Gasteiger partial charge in [-0.2, -0.15) is 21.9 Å². The van der Waals surface area contributed by atoms with Gasteiger partial charge < -0.3 is 12.4 Å². The Hall–Kier alpha value is -0.724. The maximum absolute atomic E-state index is 11.5. The van der Waals surface area contributed by atoms with Crippen molar-refractivity contribution in [1.82, 2.24) is 19.8 Å². The van der Waals surface area contributed by atoms with Gasteiger partial charge in [-0.1, -0.05) is 18.5 Å². The molecule has 0 N–H and O–H groups in total. The van der Waals surface area contributed by atoms with E-state index in [4.69, 9.17) is 0 Å². The Morgan fingerprint density at radius 3 is 2.62 bits per heavy atom. The first-order valence-corrected chi connectivity index (χ1v) is 4.41. The predicted molar refractivity (Wildman–Crippen MR) is 57.9 cm³/mol. The van der Waals surface area contributed by atoms with Crippen molar-refractivity contribution < 1.29 is 12.4 Å². The number of hydrogen-bond donors (Lipinski definition) is 0. The van der Waals surface area contributed by atoms with E-state index in [0.29, 0.717) is 5.92 Å². The number of halogens is 1. The third kappa shape index (κ3) is 2.90. The molecule has 0 spiro atoms. The van der Waals surface area contributed by atoms with Crippen LogP contribution in [0.5, 0.6) is 0 Å². The summed E-state index contributed by atoms with van der Waals surface area (Å²) in [6.45, 7) is 2.05. The van der Waals surface area contributed by atoms with Crippen LogP contribution in [0, 0.1) is 12.3 Å². The Morgan fingerprint density at radius 2 is 2.12 bits per heavy atom. The Labute approximate surface area is 116 Å². The van der Waals surface area contributed by atoms with E-state index in [1.165, 1.54) is 9.36 Å². The Bertz CT molecular complexity index is 462. The second-order valence-corrected chi connectivity index (χ2v) is 3.30. The largest absolute Gasteiger partial charge is 2.00 e. The minimum atomic E-state index is -0.227. The molecule has 82 valence electrons. The van der Waals surface area contributed by atoms with Crippen LogP contribution in [0.3, 0.4) is 0 Å². The van der Waals surface area contributed by atoms with Crippen LogP contribution >= 0.6 is 0 Å². The molecule has 0 aliphatic heterocycles. The molecule has 1 aliphatic carbocycles. The summed E-state index contributed by atoms with van der Waals surface area (Å²) >= 11 is 0. The molecule has 0 bridgehead atoms. The number of hydrogen-bond acceptors (Lipinski definition) is 3. The van der Waals surface area contributed by atoms with Gasteiger partial charge >= 0.3 is 28.7 Å². The first kappa shape index (κ1) is 15.3. The molecule has 0 radical (unpaired) electrons. The van der Waals surface area contributed by atoms with E-state index >= 15 is 0 Å². The maximum Gasteiger partial charge on any atom is 2.00 e. The number of rotatable bonds is 1. The number of allylic oxidation sites excluding steroid dienone is 4. The van der Waals surface area contributed by atoms with Gasteiger partial charge in [-0.3, -0.25) is 0 Å². The first-order valence-electron chi connectivity index (χ1n) is 4.41.